The molecule has 2 aliphatic carbocycles. The topological polar surface area (TPSA) is 62.7 Å². The van der Waals surface area contributed by atoms with Crippen molar-refractivity contribution in [1.29, 1.82) is 0 Å². The minimum Gasteiger partial charge on any atom is -0.490 e. The van der Waals surface area contributed by atoms with Crippen molar-refractivity contribution in [2.75, 3.05) is 11.4 Å². The molecule has 2 aromatic rings. The van der Waals surface area contributed by atoms with E-state index in [1.807, 2.05) is 24.3 Å². The molecule has 0 radical (unpaired) electrons. The number of hydrogen-bond donors (Lipinski definition) is 1. The van der Waals surface area contributed by atoms with E-state index in [0.717, 1.165) is 53.7 Å². The van der Waals surface area contributed by atoms with E-state index in [0.29, 0.717) is 22.3 Å². The molecule has 0 saturated heterocycles. The van der Waals surface area contributed by atoms with Crippen molar-refractivity contribution in [2.24, 2.45) is 11.3 Å². The molecule has 4 rings (SSSR count). The average molecular weight is 505 g/mol. The molecule has 1 aromatic carbocycles. The Bertz CT molecular complexity index is 955. The maximum Gasteiger partial charge on any atom is 0.305 e. The number of rotatable bonds is 8. The Labute approximate surface area is 212 Å². The van der Waals surface area contributed by atoms with Crippen molar-refractivity contribution in [3.63, 3.8) is 0 Å². The molecule has 2 aliphatic rings. The number of ether oxygens (including phenoxy) is 1. The van der Waals surface area contributed by atoms with Crippen LogP contribution in [0.2, 0.25) is 4.34 Å². The van der Waals surface area contributed by atoms with Gasteiger partial charge >= 0.3 is 5.97 Å². The Kier molecular flexibility index (Phi) is 8.08. The first-order chi connectivity index (χ1) is 16.2. The molecule has 0 amide bonds. The summed E-state index contributed by atoms with van der Waals surface area (Å²) in [5.41, 5.74) is 2.09. The number of anilines is 1. The van der Waals surface area contributed by atoms with Crippen molar-refractivity contribution in [1.82, 2.24) is 4.98 Å². The van der Waals surface area contributed by atoms with E-state index >= 15 is 0 Å². The predicted octanol–water partition coefficient (Wildman–Crippen LogP) is 7.67. The highest BCUT2D eigenvalue weighted by Gasteiger charge is 2.30. The summed E-state index contributed by atoms with van der Waals surface area (Å²) in [4.78, 5) is 18.2. The Morgan fingerprint density at radius 2 is 1.76 bits per heavy atom. The maximum absolute atomic E-state index is 11.2. The lowest BCUT2D eigenvalue weighted by Gasteiger charge is -2.36. The summed E-state index contributed by atoms with van der Waals surface area (Å²) in [6.45, 7) is 7.48. The fraction of sp³-hybridized carbons (Fsp3) is 0.630. The van der Waals surface area contributed by atoms with Crippen LogP contribution in [0.15, 0.2) is 24.3 Å². The standard InChI is InChI=1S/C27H37ClN2O3S/c1-27(2,3)19-10-14-22(15-11-19)33-21-12-8-18(9-13-21)24-25(28)34-26(29-24)30(17-16-23(31)32)20-6-4-5-7-20/h8-9,12-13,19-20,22H,4-7,10-11,14-17H2,1-3H3,(H,31,32)/t19-,22-. The molecule has 7 heteroatoms. The first-order valence-electron chi connectivity index (χ1n) is 12.6. The summed E-state index contributed by atoms with van der Waals surface area (Å²) in [5, 5.41) is 10.0. The molecular formula is C27H37ClN2O3S. The van der Waals surface area contributed by atoms with Gasteiger partial charge in [-0.1, -0.05) is 56.6 Å². The Morgan fingerprint density at radius 3 is 2.35 bits per heavy atom. The lowest BCUT2D eigenvalue weighted by molar-refractivity contribution is -0.136. The van der Waals surface area contributed by atoms with E-state index in [9.17, 15) is 9.90 Å². The number of benzene rings is 1. The second kappa shape index (κ2) is 10.9. The quantitative estimate of drug-likeness (QED) is 0.399. The zero-order valence-corrected chi connectivity index (χ0v) is 22.1. The number of halogens is 1. The number of carboxylic acid groups (broad SMARTS) is 1. The van der Waals surface area contributed by atoms with Gasteiger partial charge in [0.25, 0.3) is 0 Å². The highest BCUT2D eigenvalue weighted by atomic mass is 35.5. The summed E-state index contributed by atoms with van der Waals surface area (Å²) >= 11 is 8.07. The molecule has 1 N–H and O–H groups in total. The Hall–Kier alpha value is -1.79. The van der Waals surface area contributed by atoms with Gasteiger partial charge < -0.3 is 14.7 Å². The fourth-order valence-corrected chi connectivity index (χ4v) is 6.66. The molecule has 0 spiro atoms. The van der Waals surface area contributed by atoms with Gasteiger partial charge in [-0.2, -0.15) is 0 Å². The van der Waals surface area contributed by atoms with Crippen LogP contribution in [0.5, 0.6) is 5.75 Å². The number of hydrogen-bond acceptors (Lipinski definition) is 5. The van der Waals surface area contributed by atoms with Gasteiger partial charge in [-0.25, -0.2) is 4.98 Å². The number of aliphatic carboxylic acids is 1. The lowest BCUT2D eigenvalue weighted by Crippen LogP contribution is -2.35. The fourth-order valence-electron chi connectivity index (χ4n) is 5.39. The molecule has 0 atom stereocenters. The number of carbonyl (C=O) groups is 1. The van der Waals surface area contributed by atoms with Crippen LogP contribution in [0, 0.1) is 11.3 Å². The van der Waals surface area contributed by atoms with Crippen LogP contribution in [-0.2, 0) is 4.79 Å². The first kappa shape index (κ1) is 25.3. The third-order valence-electron chi connectivity index (χ3n) is 7.48. The monoisotopic (exact) mass is 504 g/mol. The zero-order chi connectivity index (χ0) is 24.3. The van der Waals surface area contributed by atoms with Gasteiger partial charge in [-0.3, -0.25) is 4.79 Å². The van der Waals surface area contributed by atoms with Gasteiger partial charge in [0.2, 0.25) is 0 Å². The zero-order valence-electron chi connectivity index (χ0n) is 20.6. The molecule has 1 aromatic heterocycles. The van der Waals surface area contributed by atoms with Gasteiger partial charge in [0, 0.05) is 18.2 Å². The van der Waals surface area contributed by atoms with Crippen molar-refractivity contribution < 1.29 is 14.6 Å². The summed E-state index contributed by atoms with van der Waals surface area (Å²) in [5.74, 6) is 0.881. The summed E-state index contributed by atoms with van der Waals surface area (Å²) in [6.07, 6.45) is 9.58. The van der Waals surface area contributed by atoms with E-state index in [1.54, 1.807) is 0 Å². The maximum atomic E-state index is 11.2. The summed E-state index contributed by atoms with van der Waals surface area (Å²) in [6, 6.07) is 8.42. The van der Waals surface area contributed by atoms with Crippen LogP contribution in [0.25, 0.3) is 11.3 Å². The number of thiazole rings is 1. The van der Waals surface area contributed by atoms with Gasteiger partial charge in [0.15, 0.2) is 5.13 Å². The highest BCUT2D eigenvalue weighted by molar-refractivity contribution is 7.20. The Balaban J connectivity index is 1.42. The van der Waals surface area contributed by atoms with Crippen molar-refractivity contribution in [3.05, 3.63) is 28.6 Å². The van der Waals surface area contributed by atoms with Crippen LogP contribution >= 0.6 is 22.9 Å². The van der Waals surface area contributed by atoms with Crippen LogP contribution in [0.3, 0.4) is 0 Å². The van der Waals surface area contributed by atoms with Crippen molar-refractivity contribution in [2.45, 2.75) is 90.7 Å². The minimum absolute atomic E-state index is 0.104. The Morgan fingerprint density at radius 1 is 1.12 bits per heavy atom. The number of carboxylic acids is 1. The smallest absolute Gasteiger partial charge is 0.305 e. The van der Waals surface area contributed by atoms with E-state index in [4.69, 9.17) is 21.3 Å². The normalized spacial score (nSPS) is 21.5. The highest BCUT2D eigenvalue weighted by Crippen LogP contribution is 2.41. The van der Waals surface area contributed by atoms with Crippen molar-refractivity contribution >= 4 is 34.0 Å². The number of nitrogens with zero attached hydrogens (tertiary/aromatic N) is 2. The second-order valence-corrected chi connectivity index (χ2v) is 12.5. The molecule has 2 fully saturated rings. The van der Waals surface area contributed by atoms with Crippen LogP contribution in [0.1, 0.15) is 78.6 Å². The molecule has 2 saturated carbocycles. The number of aromatic nitrogens is 1. The molecule has 186 valence electrons. The molecular weight excluding hydrogens is 468 g/mol. The molecule has 1 heterocycles. The van der Waals surface area contributed by atoms with Crippen molar-refractivity contribution in [3.8, 4) is 17.0 Å². The lowest BCUT2D eigenvalue weighted by atomic mass is 9.72. The molecule has 34 heavy (non-hydrogen) atoms. The summed E-state index contributed by atoms with van der Waals surface area (Å²) < 4.78 is 6.93. The molecule has 0 bridgehead atoms. The predicted molar refractivity (Wildman–Crippen MR) is 140 cm³/mol. The summed E-state index contributed by atoms with van der Waals surface area (Å²) in [7, 11) is 0. The van der Waals surface area contributed by atoms with E-state index in [-0.39, 0.29) is 12.5 Å². The van der Waals surface area contributed by atoms with Crippen LogP contribution in [-0.4, -0.2) is 34.8 Å². The van der Waals surface area contributed by atoms with Crippen LogP contribution in [0.4, 0.5) is 5.13 Å². The molecule has 0 aliphatic heterocycles. The second-order valence-electron chi connectivity index (χ2n) is 10.9. The molecule has 0 unspecified atom stereocenters. The van der Waals surface area contributed by atoms with Gasteiger partial charge in [-0.05, 0) is 74.1 Å². The van der Waals surface area contributed by atoms with E-state index < -0.39 is 5.97 Å². The van der Waals surface area contributed by atoms with Gasteiger partial charge in [0.05, 0.1) is 12.5 Å². The average Bonchev–Trinajstić information content (AvgIpc) is 3.45. The van der Waals surface area contributed by atoms with E-state index in [2.05, 4.69) is 25.7 Å². The largest absolute Gasteiger partial charge is 0.490 e. The SMILES string of the molecule is CC(C)(C)[C@H]1CC[C@H](Oc2ccc(-c3nc(N(CCC(=O)O)C4CCCC4)sc3Cl)cc2)CC1. The minimum atomic E-state index is -0.784. The first-order valence-corrected chi connectivity index (χ1v) is 13.8. The third kappa shape index (κ3) is 6.25. The third-order valence-corrected chi connectivity index (χ3v) is 8.77. The van der Waals surface area contributed by atoms with Gasteiger partial charge in [-0.15, -0.1) is 0 Å². The van der Waals surface area contributed by atoms with Crippen LogP contribution < -0.4 is 9.64 Å². The van der Waals surface area contributed by atoms with E-state index in [1.165, 1.54) is 37.0 Å². The molecule has 5 nitrogen and oxygen atoms in total. The van der Waals surface area contributed by atoms with Gasteiger partial charge in [0.1, 0.15) is 15.8 Å².